The molecule has 1 aromatic carbocycles. The molecule has 0 spiro atoms. The standard InChI is InChI=1S/C23H19F3N4O5S/c1-13(30-36(33,34)21-9-15-12-27-6-5-20(15)35-21)22(32)29-11-14-4-7-28-18(8-14)17-3-2-16(10-19(17)31)23(24,25)26/h2-10,12-13,30-31H,11H2,1H3,(H,29,32)/t13-/m0/s1. The van der Waals surface area contributed by atoms with Crippen LogP contribution in [0.25, 0.3) is 22.2 Å². The Labute approximate surface area is 203 Å². The van der Waals surface area contributed by atoms with Crippen molar-refractivity contribution in [1.29, 1.82) is 0 Å². The highest BCUT2D eigenvalue weighted by molar-refractivity contribution is 7.89. The molecule has 0 bridgehead atoms. The Morgan fingerprint density at radius 3 is 2.61 bits per heavy atom. The number of halogens is 3. The van der Waals surface area contributed by atoms with Gasteiger partial charge >= 0.3 is 6.18 Å². The van der Waals surface area contributed by atoms with E-state index in [0.29, 0.717) is 22.6 Å². The van der Waals surface area contributed by atoms with Crippen molar-refractivity contribution >= 4 is 26.9 Å². The van der Waals surface area contributed by atoms with Gasteiger partial charge in [-0.05, 0) is 48.9 Å². The van der Waals surface area contributed by atoms with Crippen LogP contribution in [0.5, 0.6) is 5.75 Å². The third-order valence-corrected chi connectivity index (χ3v) is 6.57. The number of hydrogen-bond donors (Lipinski definition) is 3. The number of pyridine rings is 2. The SMILES string of the molecule is C[C@H](NS(=O)(=O)c1cc2cnccc2o1)C(=O)NCc1ccnc(-c2ccc(C(F)(F)F)cc2O)c1. The van der Waals surface area contributed by atoms with Crippen molar-refractivity contribution in [3.8, 4) is 17.0 Å². The molecule has 0 aliphatic rings. The number of nitrogens with zero attached hydrogens (tertiary/aromatic N) is 2. The minimum absolute atomic E-state index is 0.0296. The number of furan rings is 1. The summed E-state index contributed by atoms with van der Waals surface area (Å²) in [5, 5.41) is 12.8. The summed E-state index contributed by atoms with van der Waals surface area (Å²) in [6.07, 6.45) is -0.331. The van der Waals surface area contributed by atoms with Crippen LogP contribution < -0.4 is 10.0 Å². The van der Waals surface area contributed by atoms with Crippen LogP contribution in [0.2, 0.25) is 0 Å². The molecule has 13 heteroatoms. The van der Waals surface area contributed by atoms with Gasteiger partial charge in [0.2, 0.25) is 11.0 Å². The molecule has 3 aromatic heterocycles. The monoisotopic (exact) mass is 520 g/mol. The van der Waals surface area contributed by atoms with Crippen molar-refractivity contribution in [1.82, 2.24) is 20.0 Å². The number of amides is 1. The summed E-state index contributed by atoms with van der Waals surface area (Å²) in [6.45, 7) is 1.33. The maximum atomic E-state index is 12.8. The highest BCUT2D eigenvalue weighted by Gasteiger charge is 2.31. The smallest absolute Gasteiger partial charge is 0.416 e. The molecule has 9 nitrogen and oxygen atoms in total. The van der Waals surface area contributed by atoms with Gasteiger partial charge in [0.25, 0.3) is 10.0 Å². The quantitative estimate of drug-likeness (QED) is 0.339. The Morgan fingerprint density at radius 2 is 1.92 bits per heavy atom. The third kappa shape index (κ3) is 5.47. The average molecular weight is 520 g/mol. The second-order valence-electron chi connectivity index (χ2n) is 7.82. The number of sulfonamides is 1. The van der Waals surface area contributed by atoms with Crippen LogP contribution in [-0.4, -0.2) is 35.4 Å². The van der Waals surface area contributed by atoms with Crippen molar-refractivity contribution < 1.29 is 35.9 Å². The van der Waals surface area contributed by atoms with Gasteiger partial charge in [0.05, 0.1) is 17.3 Å². The second-order valence-corrected chi connectivity index (χ2v) is 9.46. The molecule has 0 saturated heterocycles. The van der Waals surface area contributed by atoms with Crippen LogP contribution >= 0.6 is 0 Å². The summed E-state index contributed by atoms with van der Waals surface area (Å²) in [4.78, 5) is 20.5. The van der Waals surface area contributed by atoms with Gasteiger partial charge < -0.3 is 14.8 Å². The van der Waals surface area contributed by atoms with Crippen LogP contribution in [0.15, 0.2) is 70.6 Å². The zero-order chi connectivity index (χ0) is 26.1. The second kappa shape index (κ2) is 9.59. The molecule has 4 aromatic rings. The highest BCUT2D eigenvalue weighted by atomic mass is 32.2. The maximum Gasteiger partial charge on any atom is 0.416 e. The molecular weight excluding hydrogens is 501 g/mol. The number of benzene rings is 1. The fourth-order valence-electron chi connectivity index (χ4n) is 3.34. The molecule has 0 fully saturated rings. The molecule has 0 aliphatic heterocycles. The largest absolute Gasteiger partial charge is 0.507 e. The van der Waals surface area contributed by atoms with E-state index >= 15 is 0 Å². The fraction of sp³-hybridized carbons (Fsp3) is 0.174. The molecule has 0 saturated carbocycles. The van der Waals surface area contributed by atoms with Crippen molar-refractivity contribution in [2.24, 2.45) is 0 Å². The lowest BCUT2D eigenvalue weighted by Gasteiger charge is -2.14. The van der Waals surface area contributed by atoms with E-state index < -0.39 is 39.5 Å². The molecule has 0 radical (unpaired) electrons. The number of alkyl halides is 3. The summed E-state index contributed by atoms with van der Waals surface area (Å²) in [7, 11) is -4.13. The van der Waals surface area contributed by atoms with Crippen LogP contribution in [0, 0.1) is 0 Å². The summed E-state index contributed by atoms with van der Waals surface area (Å²) >= 11 is 0. The first-order chi connectivity index (χ1) is 16.9. The Kier molecular flexibility index (Phi) is 6.69. The average Bonchev–Trinajstić information content (AvgIpc) is 3.27. The molecule has 1 atom stereocenters. The number of hydrogen-bond acceptors (Lipinski definition) is 7. The lowest BCUT2D eigenvalue weighted by atomic mass is 10.1. The molecule has 4 rings (SSSR count). The lowest BCUT2D eigenvalue weighted by molar-refractivity contribution is -0.137. The van der Waals surface area contributed by atoms with Gasteiger partial charge in [-0.15, -0.1) is 0 Å². The van der Waals surface area contributed by atoms with E-state index in [1.807, 2.05) is 0 Å². The van der Waals surface area contributed by atoms with Crippen LogP contribution in [0.1, 0.15) is 18.1 Å². The minimum Gasteiger partial charge on any atom is -0.507 e. The Bertz CT molecular complexity index is 1500. The molecule has 36 heavy (non-hydrogen) atoms. The summed E-state index contributed by atoms with van der Waals surface area (Å²) in [6, 6.07) is 7.25. The number of rotatable bonds is 7. The number of phenols is 1. The number of phenolic OH excluding ortho intramolecular Hbond substituents is 1. The fourth-order valence-corrected chi connectivity index (χ4v) is 4.51. The van der Waals surface area contributed by atoms with Gasteiger partial charge in [0, 0.05) is 42.2 Å². The summed E-state index contributed by atoms with van der Waals surface area (Å²) < 4.78 is 71.3. The van der Waals surface area contributed by atoms with Crippen LogP contribution in [-0.2, 0) is 27.5 Å². The number of aromatic hydroxyl groups is 1. The predicted molar refractivity (Wildman–Crippen MR) is 122 cm³/mol. The number of carbonyl (C=O) groups excluding carboxylic acids is 1. The van der Waals surface area contributed by atoms with E-state index in [1.165, 1.54) is 43.7 Å². The van der Waals surface area contributed by atoms with Gasteiger partial charge in [0.1, 0.15) is 11.3 Å². The first-order valence-corrected chi connectivity index (χ1v) is 11.9. The number of fused-ring (bicyclic) bond motifs is 1. The Morgan fingerprint density at radius 1 is 1.14 bits per heavy atom. The topological polar surface area (TPSA) is 134 Å². The highest BCUT2D eigenvalue weighted by Crippen LogP contribution is 2.36. The van der Waals surface area contributed by atoms with E-state index in [-0.39, 0.29) is 22.9 Å². The number of aromatic nitrogens is 2. The molecule has 0 aliphatic carbocycles. The van der Waals surface area contributed by atoms with Crippen molar-refractivity contribution in [3.63, 3.8) is 0 Å². The Hall–Kier alpha value is -3.97. The first kappa shape index (κ1) is 25.1. The predicted octanol–water partition coefficient (Wildman–Crippen LogP) is 3.60. The number of nitrogens with one attached hydrogen (secondary N) is 2. The van der Waals surface area contributed by atoms with Gasteiger partial charge in [-0.25, -0.2) is 8.42 Å². The van der Waals surface area contributed by atoms with Crippen molar-refractivity contribution in [2.45, 2.75) is 30.8 Å². The summed E-state index contributed by atoms with van der Waals surface area (Å²) in [5.41, 5.74) is 0.130. The Balaban J connectivity index is 1.41. The third-order valence-electron chi connectivity index (χ3n) is 5.18. The molecule has 1 amide bonds. The van der Waals surface area contributed by atoms with Gasteiger partial charge in [-0.1, -0.05) is 0 Å². The summed E-state index contributed by atoms with van der Waals surface area (Å²) in [5.74, 6) is -1.23. The molecule has 3 N–H and O–H groups in total. The maximum absolute atomic E-state index is 12.8. The number of carbonyl (C=O) groups is 1. The van der Waals surface area contributed by atoms with E-state index in [1.54, 1.807) is 6.07 Å². The van der Waals surface area contributed by atoms with Crippen LogP contribution in [0.3, 0.4) is 0 Å². The van der Waals surface area contributed by atoms with E-state index in [2.05, 4.69) is 20.0 Å². The van der Waals surface area contributed by atoms with Gasteiger partial charge in [-0.3, -0.25) is 14.8 Å². The molecule has 0 unspecified atom stereocenters. The van der Waals surface area contributed by atoms with Crippen molar-refractivity contribution in [3.05, 3.63) is 72.2 Å². The molecule has 188 valence electrons. The zero-order valence-corrected chi connectivity index (χ0v) is 19.4. The van der Waals surface area contributed by atoms with Gasteiger partial charge in [-0.2, -0.15) is 17.9 Å². The van der Waals surface area contributed by atoms with Crippen LogP contribution in [0.4, 0.5) is 13.2 Å². The van der Waals surface area contributed by atoms with Gasteiger partial charge in [0.15, 0.2) is 0 Å². The van der Waals surface area contributed by atoms with E-state index in [4.69, 9.17) is 4.42 Å². The molecule has 3 heterocycles. The van der Waals surface area contributed by atoms with E-state index in [0.717, 1.165) is 12.1 Å². The zero-order valence-electron chi connectivity index (χ0n) is 18.6. The van der Waals surface area contributed by atoms with Crippen molar-refractivity contribution in [2.75, 3.05) is 0 Å². The van der Waals surface area contributed by atoms with E-state index in [9.17, 15) is 31.5 Å². The normalized spacial score (nSPS) is 13.0. The minimum atomic E-state index is -4.60. The first-order valence-electron chi connectivity index (χ1n) is 10.4. The molecular formula is C23H19F3N4O5S. The lowest BCUT2D eigenvalue weighted by Crippen LogP contribution is -2.44.